The first-order chi connectivity index (χ1) is 13.7. The number of hydrogen-bond donors (Lipinski definition) is 0. The molecule has 1 atom stereocenters. The van der Waals surface area contributed by atoms with Crippen molar-refractivity contribution >= 4 is 32.6 Å². The molecule has 0 saturated heterocycles. The van der Waals surface area contributed by atoms with Gasteiger partial charge in [0.2, 0.25) is 5.90 Å². The highest BCUT2D eigenvalue weighted by atomic mass is 79.9. The van der Waals surface area contributed by atoms with Gasteiger partial charge in [-0.1, -0.05) is 76.1 Å². The van der Waals surface area contributed by atoms with E-state index in [9.17, 15) is 0 Å². The second-order valence-electron chi connectivity index (χ2n) is 7.05. The number of aryl methyl sites for hydroxylation is 1. The number of ether oxygens (including phenoxy) is 1. The second kappa shape index (κ2) is 6.92. The van der Waals surface area contributed by atoms with Gasteiger partial charge in [0.15, 0.2) is 0 Å². The summed E-state index contributed by atoms with van der Waals surface area (Å²) in [7, 11) is 0. The Balaban J connectivity index is 1.73. The zero-order valence-electron chi connectivity index (χ0n) is 15.4. The lowest BCUT2D eigenvalue weighted by atomic mass is 9.92. The van der Waals surface area contributed by atoms with Crippen molar-refractivity contribution in [2.24, 2.45) is 4.99 Å². The van der Waals surface area contributed by atoms with E-state index in [-0.39, 0.29) is 6.04 Å². The van der Waals surface area contributed by atoms with Crippen LogP contribution in [0.2, 0.25) is 0 Å². The Labute approximate surface area is 172 Å². The molecule has 4 aromatic rings. The summed E-state index contributed by atoms with van der Waals surface area (Å²) in [4.78, 5) is 5.05. The molecule has 5 rings (SSSR count). The van der Waals surface area contributed by atoms with E-state index in [1.807, 2.05) is 24.3 Å². The van der Waals surface area contributed by atoms with Gasteiger partial charge in [0.05, 0.1) is 0 Å². The predicted molar refractivity (Wildman–Crippen MR) is 118 cm³/mol. The zero-order chi connectivity index (χ0) is 19.1. The first-order valence-corrected chi connectivity index (χ1v) is 10.1. The Bertz CT molecular complexity index is 1190. The van der Waals surface area contributed by atoms with E-state index in [1.165, 1.54) is 21.9 Å². The normalized spacial score (nSPS) is 15.6. The van der Waals surface area contributed by atoms with Crippen LogP contribution in [-0.4, -0.2) is 5.90 Å². The molecule has 0 radical (unpaired) electrons. The lowest BCUT2D eigenvalue weighted by molar-refractivity contribution is 0.514. The van der Waals surface area contributed by atoms with Crippen molar-refractivity contribution in [3.63, 3.8) is 0 Å². The van der Waals surface area contributed by atoms with Crippen LogP contribution in [-0.2, 0) is 0 Å². The van der Waals surface area contributed by atoms with Gasteiger partial charge in [-0.2, -0.15) is 0 Å². The average molecular weight is 428 g/mol. The van der Waals surface area contributed by atoms with Crippen LogP contribution in [0.4, 0.5) is 0 Å². The van der Waals surface area contributed by atoms with Gasteiger partial charge in [0, 0.05) is 15.6 Å². The van der Waals surface area contributed by atoms with E-state index in [1.54, 1.807) is 0 Å². The number of hydrogen-bond acceptors (Lipinski definition) is 2. The Hall–Kier alpha value is -2.91. The van der Waals surface area contributed by atoms with Crippen molar-refractivity contribution < 1.29 is 4.74 Å². The Kier molecular flexibility index (Phi) is 4.25. The van der Waals surface area contributed by atoms with Crippen molar-refractivity contribution in [2.75, 3.05) is 0 Å². The van der Waals surface area contributed by atoms with Gasteiger partial charge in [-0.3, -0.25) is 0 Å². The van der Waals surface area contributed by atoms with Crippen molar-refractivity contribution in [3.8, 4) is 5.75 Å². The van der Waals surface area contributed by atoms with Crippen LogP contribution in [0.25, 0.3) is 10.8 Å². The molecular formula is C25H18BrNO. The lowest BCUT2D eigenvalue weighted by Crippen LogP contribution is -2.19. The van der Waals surface area contributed by atoms with Gasteiger partial charge < -0.3 is 4.74 Å². The summed E-state index contributed by atoms with van der Waals surface area (Å²) in [5.41, 5.74) is 4.51. The maximum atomic E-state index is 6.28. The van der Waals surface area contributed by atoms with E-state index in [0.29, 0.717) is 5.90 Å². The molecular weight excluding hydrogens is 410 g/mol. The van der Waals surface area contributed by atoms with Gasteiger partial charge in [-0.25, -0.2) is 4.99 Å². The Morgan fingerprint density at radius 1 is 0.821 bits per heavy atom. The number of halogens is 1. The van der Waals surface area contributed by atoms with Crippen molar-refractivity contribution in [1.82, 2.24) is 0 Å². The predicted octanol–water partition coefficient (Wildman–Crippen LogP) is 6.84. The SMILES string of the molecule is Cc1ccc(C2N=C(c3ccc(Br)cc3)Oc3ccc4ccccc4c32)cc1. The Morgan fingerprint density at radius 2 is 1.57 bits per heavy atom. The average Bonchev–Trinajstić information content (AvgIpc) is 2.74. The monoisotopic (exact) mass is 427 g/mol. The zero-order valence-corrected chi connectivity index (χ0v) is 17.0. The van der Waals surface area contributed by atoms with Gasteiger partial charge in [0.25, 0.3) is 0 Å². The molecule has 0 saturated carbocycles. The summed E-state index contributed by atoms with van der Waals surface area (Å²) < 4.78 is 7.31. The van der Waals surface area contributed by atoms with E-state index in [2.05, 4.69) is 83.5 Å². The minimum atomic E-state index is -0.103. The number of nitrogens with zero attached hydrogens (tertiary/aromatic N) is 1. The molecule has 1 heterocycles. The standard InChI is InChI=1S/C25H18BrNO/c1-16-6-8-18(9-7-16)24-23-21-5-3-2-4-17(21)12-15-22(23)28-25(27-24)19-10-13-20(26)14-11-19/h2-15,24H,1H3. The molecule has 0 aromatic heterocycles. The molecule has 0 fully saturated rings. The third-order valence-electron chi connectivity index (χ3n) is 5.14. The molecule has 0 aliphatic carbocycles. The van der Waals surface area contributed by atoms with E-state index < -0.39 is 0 Å². The molecule has 0 amide bonds. The summed E-state index contributed by atoms with van der Waals surface area (Å²) in [6, 6.07) is 29.2. The van der Waals surface area contributed by atoms with Crippen molar-refractivity contribution in [3.05, 3.63) is 112 Å². The van der Waals surface area contributed by atoms with E-state index in [0.717, 1.165) is 21.3 Å². The van der Waals surface area contributed by atoms with Gasteiger partial charge in [-0.15, -0.1) is 0 Å². The molecule has 1 aliphatic rings. The first-order valence-electron chi connectivity index (χ1n) is 9.29. The Morgan fingerprint density at radius 3 is 2.36 bits per heavy atom. The number of fused-ring (bicyclic) bond motifs is 3. The third kappa shape index (κ3) is 3.02. The molecule has 0 spiro atoms. The summed E-state index contributed by atoms with van der Waals surface area (Å²) >= 11 is 3.50. The topological polar surface area (TPSA) is 21.6 Å². The highest BCUT2D eigenvalue weighted by molar-refractivity contribution is 9.10. The number of aliphatic imine (C=N–C) groups is 1. The fraction of sp³-hybridized carbons (Fsp3) is 0.0800. The number of rotatable bonds is 2. The highest BCUT2D eigenvalue weighted by Gasteiger charge is 2.27. The fourth-order valence-corrected chi connectivity index (χ4v) is 3.94. The smallest absolute Gasteiger partial charge is 0.222 e. The highest BCUT2D eigenvalue weighted by Crippen LogP contribution is 2.42. The van der Waals surface area contributed by atoms with Crippen LogP contribution < -0.4 is 4.74 Å². The van der Waals surface area contributed by atoms with Crippen LogP contribution in [0.3, 0.4) is 0 Å². The molecule has 136 valence electrons. The first kappa shape index (κ1) is 17.2. The minimum absolute atomic E-state index is 0.103. The molecule has 1 aliphatic heterocycles. The maximum absolute atomic E-state index is 6.28. The summed E-state index contributed by atoms with van der Waals surface area (Å²) in [5, 5.41) is 2.38. The van der Waals surface area contributed by atoms with Gasteiger partial charge in [0.1, 0.15) is 11.8 Å². The molecule has 1 unspecified atom stereocenters. The van der Waals surface area contributed by atoms with Crippen LogP contribution in [0.1, 0.15) is 28.3 Å². The lowest BCUT2D eigenvalue weighted by Gasteiger charge is -2.26. The maximum Gasteiger partial charge on any atom is 0.222 e. The van der Waals surface area contributed by atoms with E-state index >= 15 is 0 Å². The molecule has 3 heteroatoms. The summed E-state index contributed by atoms with van der Waals surface area (Å²) in [6.45, 7) is 2.10. The quantitative estimate of drug-likeness (QED) is 0.343. The van der Waals surface area contributed by atoms with Crippen LogP contribution in [0.5, 0.6) is 5.75 Å². The molecule has 28 heavy (non-hydrogen) atoms. The van der Waals surface area contributed by atoms with Crippen molar-refractivity contribution in [2.45, 2.75) is 13.0 Å². The molecule has 0 N–H and O–H groups in total. The number of benzene rings is 4. The third-order valence-corrected chi connectivity index (χ3v) is 5.67. The van der Waals surface area contributed by atoms with Gasteiger partial charge >= 0.3 is 0 Å². The van der Waals surface area contributed by atoms with Crippen LogP contribution >= 0.6 is 15.9 Å². The minimum Gasteiger partial charge on any atom is -0.438 e. The largest absolute Gasteiger partial charge is 0.438 e. The molecule has 4 aromatic carbocycles. The van der Waals surface area contributed by atoms with Gasteiger partial charge in [-0.05, 0) is 53.6 Å². The van der Waals surface area contributed by atoms with Crippen LogP contribution in [0, 0.1) is 6.92 Å². The van der Waals surface area contributed by atoms with E-state index in [4.69, 9.17) is 9.73 Å². The summed E-state index contributed by atoms with van der Waals surface area (Å²) in [5.74, 6) is 1.53. The fourth-order valence-electron chi connectivity index (χ4n) is 3.67. The molecule has 2 nitrogen and oxygen atoms in total. The van der Waals surface area contributed by atoms with Crippen molar-refractivity contribution in [1.29, 1.82) is 0 Å². The van der Waals surface area contributed by atoms with Crippen LogP contribution in [0.15, 0.2) is 94.4 Å². The summed E-state index contributed by atoms with van der Waals surface area (Å²) in [6.07, 6.45) is 0. The molecule has 0 bridgehead atoms. The second-order valence-corrected chi connectivity index (χ2v) is 7.97.